The van der Waals surface area contributed by atoms with E-state index in [4.69, 9.17) is 14.3 Å². The monoisotopic (exact) mass is 262 g/mol. The molecule has 0 N–H and O–H groups in total. The minimum absolute atomic E-state index is 0.0323. The molecule has 0 aromatic carbocycles. The van der Waals surface area contributed by atoms with Gasteiger partial charge in [-0.1, -0.05) is 47.6 Å². The third-order valence-corrected chi connectivity index (χ3v) is 2.12. The molecule has 0 radical (unpaired) electrons. The Morgan fingerprint density at radius 2 is 1.53 bits per heavy atom. The summed E-state index contributed by atoms with van der Waals surface area (Å²) in [5, 5.41) is 0. The van der Waals surface area contributed by atoms with Crippen LogP contribution in [0, 0.1) is 10.8 Å². The summed E-state index contributed by atoms with van der Waals surface area (Å²) in [5.74, 6) is -0.0482. The van der Waals surface area contributed by atoms with E-state index in [1.54, 1.807) is 20.8 Å². The van der Waals surface area contributed by atoms with Crippen molar-refractivity contribution in [2.45, 2.75) is 48.5 Å². The largest absolute Gasteiger partial charge is 0.298 e. The number of allylic oxidation sites excluding steroid dienone is 2. The van der Waals surface area contributed by atoms with Crippen molar-refractivity contribution in [2.24, 2.45) is 10.8 Å². The minimum Gasteiger partial charge on any atom is -0.298 e. The van der Waals surface area contributed by atoms with Gasteiger partial charge in [-0.3, -0.25) is 9.59 Å². The summed E-state index contributed by atoms with van der Waals surface area (Å²) in [6, 6.07) is -0.151. The molecule has 0 aliphatic rings. The normalized spacial score (nSPS) is 14.8. The number of carbonyl (C=O) groups is 2. The fraction of sp³-hybridized carbons (Fsp3) is 0.714. The van der Waals surface area contributed by atoms with Crippen LogP contribution in [0.2, 0.25) is 0 Å². The number of carbonyl (C=O) groups excluding carboxylic acids is 2. The van der Waals surface area contributed by atoms with Crippen molar-refractivity contribution in [3.8, 4) is 0 Å². The van der Waals surface area contributed by atoms with E-state index in [0.717, 1.165) is 0 Å². The zero-order chi connectivity index (χ0) is 16.0. The Balaban J connectivity index is 0. The second kappa shape index (κ2) is 7.65. The summed E-state index contributed by atoms with van der Waals surface area (Å²) < 4.78 is 14.3. The Bertz CT molecular complexity index is 357. The smallest absolute Gasteiger partial charge is 0.160 e. The van der Waals surface area contributed by atoms with Crippen LogP contribution in [-0.2, 0) is 9.59 Å². The molecule has 0 heterocycles. The molecule has 0 amide bonds. The van der Waals surface area contributed by atoms with E-state index in [2.05, 4.69) is 0 Å². The maximum absolute atomic E-state index is 11.2. The number of Topliss-reactive ketones (excluding diaryl/α,β-unsaturated/α-hetero) is 1. The zero-order valence-corrected chi connectivity index (χ0v) is 12.7. The van der Waals surface area contributed by atoms with Gasteiger partial charge < -0.3 is 0 Å². The highest BCUT2D eigenvalue weighted by molar-refractivity contribution is 6.28. The summed E-state index contributed by atoms with van der Waals surface area (Å²) >= 11 is 5.29. The van der Waals surface area contributed by atoms with E-state index < -0.39 is 5.41 Å². The van der Waals surface area contributed by atoms with Gasteiger partial charge in [0.1, 0.15) is 0 Å². The lowest BCUT2D eigenvalue weighted by molar-refractivity contribution is -0.123. The third-order valence-electron chi connectivity index (χ3n) is 1.88. The fourth-order valence-corrected chi connectivity index (χ4v) is 0.902. The molecular formula is C14H25ClO2. The maximum Gasteiger partial charge on any atom is 0.160 e. The van der Waals surface area contributed by atoms with Crippen molar-refractivity contribution >= 4 is 23.2 Å². The Kier molecular flexibility index (Phi) is 6.49. The van der Waals surface area contributed by atoms with Crippen LogP contribution < -0.4 is 0 Å². The minimum atomic E-state index is -0.542. The molecule has 2 nitrogen and oxygen atoms in total. The van der Waals surface area contributed by atoms with E-state index in [9.17, 15) is 9.59 Å². The summed E-state index contributed by atoms with van der Waals surface area (Å²) in [6.45, 7) is 12.3. The molecule has 0 bridgehead atoms. The molecule has 0 saturated heterocycles. The summed E-state index contributed by atoms with van der Waals surface area (Å²) in [6.07, 6.45) is 0. The second-order valence-corrected chi connectivity index (χ2v) is 6.03. The number of ketones is 2. The molecule has 0 aromatic rings. The molecule has 0 saturated carbocycles. The number of alkyl halides is 1. The number of rotatable bonds is 2. The predicted molar refractivity (Wildman–Crippen MR) is 74.5 cm³/mol. The van der Waals surface area contributed by atoms with Crippen LogP contribution in [0.15, 0.2) is 12.1 Å². The molecule has 0 spiro atoms. The van der Waals surface area contributed by atoms with Gasteiger partial charge in [0.25, 0.3) is 0 Å². The lowest BCUT2D eigenvalue weighted by Gasteiger charge is -2.13. The highest BCUT2D eigenvalue weighted by Crippen LogP contribution is 2.15. The number of hydrogen-bond acceptors (Lipinski definition) is 2. The van der Waals surface area contributed by atoms with E-state index in [0.29, 0.717) is 0 Å². The van der Waals surface area contributed by atoms with Crippen LogP contribution in [0.4, 0.5) is 0 Å². The van der Waals surface area contributed by atoms with Crippen molar-refractivity contribution in [1.82, 2.24) is 0 Å². The second-order valence-electron chi connectivity index (χ2n) is 5.76. The molecule has 100 valence electrons. The van der Waals surface area contributed by atoms with E-state index in [-0.39, 0.29) is 35.0 Å². The van der Waals surface area contributed by atoms with Gasteiger partial charge in [-0.25, -0.2) is 0 Å². The van der Waals surface area contributed by atoms with E-state index >= 15 is 0 Å². The Labute approximate surface area is 113 Å². The quantitative estimate of drug-likeness (QED) is 0.556. The van der Waals surface area contributed by atoms with Gasteiger partial charge in [-0.05, 0) is 13.0 Å². The van der Waals surface area contributed by atoms with Gasteiger partial charge in [0.05, 0.1) is 8.62 Å². The standard InChI is InChI=1S/C8H14O.C6H11ClO/c1-5-6-7(9)8(2,3)4;1-6(2,3)5(8)4-7/h5-6H,1-4H3;4H2,1-3H3/b6-5+;/i5D,6D;. The van der Waals surface area contributed by atoms with Gasteiger partial charge in [0.2, 0.25) is 0 Å². The summed E-state index contributed by atoms with van der Waals surface area (Å²) in [5.41, 5.74) is -0.804. The van der Waals surface area contributed by atoms with Crippen LogP contribution in [0.25, 0.3) is 0 Å². The van der Waals surface area contributed by atoms with Crippen molar-refractivity contribution in [1.29, 1.82) is 0 Å². The molecule has 0 aliphatic heterocycles. The van der Waals surface area contributed by atoms with Crippen LogP contribution in [0.1, 0.15) is 51.2 Å². The van der Waals surface area contributed by atoms with Gasteiger partial charge in [-0.2, -0.15) is 0 Å². The molecule has 17 heavy (non-hydrogen) atoms. The maximum atomic E-state index is 11.2. The van der Waals surface area contributed by atoms with E-state index in [1.807, 2.05) is 20.8 Å². The average molecular weight is 263 g/mol. The van der Waals surface area contributed by atoms with Crippen LogP contribution in [0.5, 0.6) is 0 Å². The van der Waals surface area contributed by atoms with Gasteiger partial charge in [-0.15, -0.1) is 11.6 Å². The van der Waals surface area contributed by atoms with Gasteiger partial charge >= 0.3 is 0 Å². The topological polar surface area (TPSA) is 34.1 Å². The highest BCUT2D eigenvalue weighted by atomic mass is 35.5. The first-order chi connectivity index (χ1) is 8.25. The van der Waals surface area contributed by atoms with Gasteiger partial charge in [0.15, 0.2) is 11.6 Å². The lowest BCUT2D eigenvalue weighted by atomic mass is 9.91. The Hall–Kier alpha value is -0.630. The molecule has 0 atom stereocenters. The van der Waals surface area contributed by atoms with Crippen molar-refractivity contribution in [2.75, 3.05) is 5.88 Å². The summed E-state index contributed by atoms with van der Waals surface area (Å²) in [7, 11) is 0. The first kappa shape index (κ1) is 14.4. The SMILES string of the molecule is CC(C)(C)C(=O)CCl.[2H]/C(C)=C(/[2H])C(=O)C(C)(C)C. The lowest BCUT2D eigenvalue weighted by Crippen LogP contribution is -2.20. The zero-order valence-electron chi connectivity index (χ0n) is 13.9. The molecule has 0 aliphatic carbocycles. The van der Waals surface area contributed by atoms with E-state index in [1.165, 1.54) is 6.92 Å². The van der Waals surface area contributed by atoms with Crippen LogP contribution >= 0.6 is 11.6 Å². The highest BCUT2D eigenvalue weighted by Gasteiger charge is 2.19. The Morgan fingerprint density at radius 3 is 1.59 bits per heavy atom. The third kappa shape index (κ3) is 10.3. The predicted octanol–water partition coefficient (Wildman–Crippen LogP) is 4.02. The van der Waals surface area contributed by atoms with Crippen LogP contribution in [-0.4, -0.2) is 17.4 Å². The summed E-state index contributed by atoms with van der Waals surface area (Å²) in [4.78, 5) is 21.9. The first-order valence-electron chi connectivity index (χ1n) is 6.53. The molecule has 0 unspecified atom stereocenters. The molecular weight excluding hydrogens is 236 g/mol. The van der Waals surface area contributed by atoms with Crippen LogP contribution in [0.3, 0.4) is 0 Å². The first-order valence-corrected chi connectivity index (χ1v) is 6.06. The number of halogens is 1. The Morgan fingerprint density at radius 1 is 1.12 bits per heavy atom. The molecule has 0 aromatic heterocycles. The molecule has 0 rings (SSSR count). The van der Waals surface area contributed by atoms with Crippen molar-refractivity contribution in [3.05, 3.63) is 12.1 Å². The number of hydrogen-bond donors (Lipinski definition) is 0. The average Bonchev–Trinajstić information content (AvgIpc) is 2.23. The van der Waals surface area contributed by atoms with Gasteiger partial charge in [0, 0.05) is 10.8 Å². The van der Waals surface area contributed by atoms with Crippen molar-refractivity contribution < 1.29 is 12.3 Å². The molecule has 3 heteroatoms. The molecule has 0 fully saturated rings. The fourth-order valence-electron chi connectivity index (χ4n) is 0.501. The van der Waals surface area contributed by atoms with Crippen molar-refractivity contribution in [3.63, 3.8) is 0 Å².